The predicted octanol–water partition coefficient (Wildman–Crippen LogP) is 0.175. The number of rotatable bonds is 1. The van der Waals surface area contributed by atoms with E-state index in [-0.39, 0.29) is 5.92 Å². The average Bonchev–Trinajstić information content (AvgIpc) is 1.99. The molecule has 1 amide bonds. The highest BCUT2D eigenvalue weighted by atomic mass is 16.1. The second kappa shape index (κ2) is 3.12. The zero-order valence-electron chi connectivity index (χ0n) is 8.14. The largest absolute Gasteiger partial charge is 0.400 e. The molecule has 1 aliphatic heterocycles. The fourth-order valence-electron chi connectivity index (χ4n) is 1.62. The van der Waals surface area contributed by atoms with Crippen LogP contribution in [0.5, 0.6) is 0 Å². The van der Waals surface area contributed by atoms with Gasteiger partial charge < -0.3 is 16.8 Å². The van der Waals surface area contributed by atoms with Gasteiger partial charge in [-0.3, -0.25) is 4.79 Å². The first-order valence-corrected chi connectivity index (χ1v) is 4.19. The van der Waals surface area contributed by atoms with E-state index >= 15 is 0 Å². The van der Waals surface area contributed by atoms with Crippen LogP contribution in [0.15, 0.2) is 22.7 Å². The number of primary amides is 1. The minimum Gasteiger partial charge on any atom is -0.400 e. The van der Waals surface area contributed by atoms with Crippen molar-refractivity contribution in [3.63, 3.8) is 0 Å². The van der Waals surface area contributed by atoms with Gasteiger partial charge >= 0.3 is 0 Å². The van der Waals surface area contributed by atoms with E-state index in [2.05, 4.69) is 5.32 Å². The maximum atomic E-state index is 11.1. The number of allylic oxidation sites excluding steroid dienone is 3. The van der Waals surface area contributed by atoms with Crippen LogP contribution in [0.25, 0.3) is 0 Å². The van der Waals surface area contributed by atoms with Crippen molar-refractivity contribution in [3.05, 3.63) is 22.7 Å². The molecule has 0 bridgehead atoms. The fourth-order valence-corrected chi connectivity index (χ4v) is 1.62. The smallest absolute Gasteiger partial charge is 0.247 e. The number of dihydropyridines is 1. The lowest BCUT2D eigenvalue weighted by Gasteiger charge is -2.25. The highest BCUT2D eigenvalue weighted by Gasteiger charge is 2.24. The number of carbonyl (C=O) groups is 1. The molecule has 4 heteroatoms. The summed E-state index contributed by atoms with van der Waals surface area (Å²) in [5.74, 6) is -0.494. The van der Waals surface area contributed by atoms with E-state index in [0.29, 0.717) is 11.3 Å². The van der Waals surface area contributed by atoms with Crippen molar-refractivity contribution < 1.29 is 4.79 Å². The van der Waals surface area contributed by atoms with Crippen LogP contribution in [-0.2, 0) is 4.79 Å². The first kappa shape index (κ1) is 9.64. The monoisotopic (exact) mass is 181 g/mol. The van der Waals surface area contributed by atoms with Gasteiger partial charge in [0.05, 0.1) is 0 Å². The molecule has 1 heterocycles. The Balaban J connectivity index is 3.11. The number of nitrogens with two attached hydrogens (primary N) is 2. The molecule has 1 atom stereocenters. The third-order valence-electron chi connectivity index (χ3n) is 2.38. The van der Waals surface area contributed by atoms with Gasteiger partial charge in [0.25, 0.3) is 0 Å². The van der Waals surface area contributed by atoms with Crippen LogP contribution in [0.2, 0.25) is 0 Å². The maximum Gasteiger partial charge on any atom is 0.247 e. The number of nitrogens with one attached hydrogen (secondary N) is 1. The first-order valence-electron chi connectivity index (χ1n) is 4.19. The van der Waals surface area contributed by atoms with Gasteiger partial charge in [-0.2, -0.15) is 0 Å². The molecule has 13 heavy (non-hydrogen) atoms. The van der Waals surface area contributed by atoms with E-state index in [1.165, 1.54) is 0 Å². The number of carbonyl (C=O) groups excluding carboxylic acids is 1. The van der Waals surface area contributed by atoms with Gasteiger partial charge in [-0.25, -0.2) is 0 Å². The second-order valence-electron chi connectivity index (χ2n) is 3.33. The van der Waals surface area contributed by atoms with Gasteiger partial charge in [0, 0.05) is 28.6 Å². The summed E-state index contributed by atoms with van der Waals surface area (Å²) >= 11 is 0. The molecule has 0 saturated heterocycles. The molecule has 0 aliphatic carbocycles. The van der Waals surface area contributed by atoms with Crippen molar-refractivity contribution in [1.29, 1.82) is 0 Å². The Morgan fingerprint density at radius 1 is 1.38 bits per heavy atom. The Kier molecular flexibility index (Phi) is 2.32. The van der Waals surface area contributed by atoms with E-state index in [1.807, 2.05) is 20.8 Å². The predicted molar refractivity (Wildman–Crippen MR) is 51.1 cm³/mol. The van der Waals surface area contributed by atoms with Crippen LogP contribution in [0.4, 0.5) is 0 Å². The molecular formula is C9H15N3O. The third-order valence-corrected chi connectivity index (χ3v) is 2.38. The normalized spacial score (nSPS) is 23.2. The van der Waals surface area contributed by atoms with Gasteiger partial charge in [-0.15, -0.1) is 0 Å². The van der Waals surface area contributed by atoms with Gasteiger partial charge in [0.15, 0.2) is 0 Å². The van der Waals surface area contributed by atoms with Crippen LogP contribution >= 0.6 is 0 Å². The Morgan fingerprint density at radius 3 is 2.38 bits per heavy atom. The van der Waals surface area contributed by atoms with Crippen molar-refractivity contribution in [2.24, 2.45) is 17.4 Å². The van der Waals surface area contributed by atoms with Crippen LogP contribution in [-0.4, -0.2) is 5.91 Å². The fraction of sp³-hybridized carbons (Fsp3) is 0.444. The minimum absolute atomic E-state index is 0.0845. The number of hydrogen-bond acceptors (Lipinski definition) is 3. The maximum absolute atomic E-state index is 11.1. The zero-order chi connectivity index (χ0) is 10.2. The summed E-state index contributed by atoms with van der Waals surface area (Å²) in [5, 5.41) is 3.02. The summed E-state index contributed by atoms with van der Waals surface area (Å²) in [4.78, 5) is 11.1. The summed E-state index contributed by atoms with van der Waals surface area (Å²) in [7, 11) is 0. The lowest BCUT2D eigenvalue weighted by atomic mass is 9.91. The summed E-state index contributed by atoms with van der Waals surface area (Å²) < 4.78 is 0. The van der Waals surface area contributed by atoms with Crippen molar-refractivity contribution in [1.82, 2.24) is 5.32 Å². The lowest BCUT2D eigenvalue weighted by molar-refractivity contribution is -0.115. The van der Waals surface area contributed by atoms with Crippen LogP contribution in [0, 0.1) is 5.92 Å². The van der Waals surface area contributed by atoms with Gasteiger partial charge in [-0.05, 0) is 13.8 Å². The molecule has 72 valence electrons. The van der Waals surface area contributed by atoms with Crippen LogP contribution in [0.3, 0.4) is 0 Å². The molecule has 0 fully saturated rings. The summed E-state index contributed by atoms with van der Waals surface area (Å²) in [6.45, 7) is 5.59. The lowest BCUT2D eigenvalue weighted by Crippen LogP contribution is -2.33. The van der Waals surface area contributed by atoms with Crippen molar-refractivity contribution in [2.75, 3.05) is 0 Å². The standard InChI is InChI=1S/C9H15N3O/c1-4-7(9(11)13)5(2)12-6(3)8(4)10/h4,12H,10H2,1-3H3,(H2,11,13). The number of amides is 1. The van der Waals surface area contributed by atoms with Gasteiger partial charge in [-0.1, -0.05) is 6.92 Å². The molecule has 1 unspecified atom stereocenters. The topological polar surface area (TPSA) is 81.1 Å². The minimum atomic E-state index is -0.409. The Bertz CT molecular complexity index is 315. The van der Waals surface area contributed by atoms with Crippen LogP contribution in [0.1, 0.15) is 20.8 Å². The highest BCUT2D eigenvalue weighted by molar-refractivity contribution is 5.94. The third kappa shape index (κ3) is 1.52. The summed E-state index contributed by atoms with van der Waals surface area (Å²) in [6.07, 6.45) is 0. The summed E-state index contributed by atoms with van der Waals surface area (Å²) in [6, 6.07) is 0. The molecule has 4 nitrogen and oxygen atoms in total. The Hall–Kier alpha value is -1.45. The van der Waals surface area contributed by atoms with E-state index in [1.54, 1.807) is 0 Å². The quantitative estimate of drug-likeness (QED) is 0.539. The van der Waals surface area contributed by atoms with Crippen molar-refractivity contribution >= 4 is 5.91 Å². The molecule has 0 aromatic rings. The van der Waals surface area contributed by atoms with E-state index in [4.69, 9.17) is 11.5 Å². The SMILES string of the molecule is CC1=C(N)C(C)C(C(N)=O)=C(C)N1. The molecule has 0 radical (unpaired) electrons. The first-order chi connectivity index (χ1) is 5.95. The molecule has 1 rings (SSSR count). The Labute approximate surface area is 77.7 Å². The van der Waals surface area contributed by atoms with Crippen molar-refractivity contribution in [2.45, 2.75) is 20.8 Å². The molecule has 1 aliphatic rings. The van der Waals surface area contributed by atoms with Crippen molar-refractivity contribution in [3.8, 4) is 0 Å². The van der Waals surface area contributed by atoms with E-state index in [9.17, 15) is 4.79 Å². The van der Waals surface area contributed by atoms with E-state index < -0.39 is 5.91 Å². The van der Waals surface area contributed by atoms with Gasteiger partial charge in [0.2, 0.25) is 5.91 Å². The molecule has 0 saturated carbocycles. The van der Waals surface area contributed by atoms with E-state index in [0.717, 1.165) is 11.4 Å². The molecule has 0 aromatic heterocycles. The molecule has 0 aromatic carbocycles. The number of hydrogen-bond donors (Lipinski definition) is 3. The summed E-state index contributed by atoms with van der Waals surface area (Å²) in [5.41, 5.74) is 14.0. The molecular weight excluding hydrogens is 166 g/mol. The van der Waals surface area contributed by atoms with Crippen LogP contribution < -0.4 is 16.8 Å². The van der Waals surface area contributed by atoms with Gasteiger partial charge in [0.1, 0.15) is 0 Å². The Morgan fingerprint density at radius 2 is 1.92 bits per heavy atom. The molecule has 5 N–H and O–H groups in total. The highest BCUT2D eigenvalue weighted by Crippen LogP contribution is 2.25. The molecule has 0 spiro atoms. The average molecular weight is 181 g/mol. The second-order valence-corrected chi connectivity index (χ2v) is 3.33. The zero-order valence-corrected chi connectivity index (χ0v) is 8.14.